The molecule has 0 bridgehead atoms. The van der Waals surface area contributed by atoms with E-state index in [1.54, 1.807) is 24.3 Å². The van der Waals surface area contributed by atoms with Crippen LogP contribution in [0.2, 0.25) is 4.34 Å². The number of aliphatic hydroxyl groups is 1. The molecule has 0 fully saturated rings. The largest absolute Gasteiger partial charge is 0.395 e. The summed E-state index contributed by atoms with van der Waals surface area (Å²) in [6.45, 7) is 0.0600. The topological polar surface area (TPSA) is 49.3 Å². The van der Waals surface area contributed by atoms with Crippen LogP contribution in [0.15, 0.2) is 36.4 Å². The summed E-state index contributed by atoms with van der Waals surface area (Å²) in [7, 11) is 0. The maximum atomic E-state index is 11.9. The quantitative estimate of drug-likeness (QED) is 0.854. The minimum absolute atomic E-state index is 0.0600. The van der Waals surface area contributed by atoms with E-state index >= 15 is 0 Å². The summed E-state index contributed by atoms with van der Waals surface area (Å²) in [5.41, 5.74) is 1.54. The zero-order valence-corrected chi connectivity index (χ0v) is 12.1. The summed E-state index contributed by atoms with van der Waals surface area (Å²) in [5, 5.41) is 11.4. The number of benzene rings is 1. The van der Waals surface area contributed by atoms with Crippen molar-refractivity contribution in [2.75, 3.05) is 11.9 Å². The smallest absolute Gasteiger partial charge is 0.265 e. The average molecular weight is 306 g/mol. The van der Waals surface area contributed by atoms with Crippen LogP contribution in [0.4, 0.5) is 5.69 Å². The highest BCUT2D eigenvalue weighted by atomic mass is 35.5. The van der Waals surface area contributed by atoms with Gasteiger partial charge in [-0.2, -0.15) is 0 Å². The number of carbonyl (C=O) groups is 1. The van der Waals surface area contributed by atoms with E-state index in [0.29, 0.717) is 21.3 Å². The first-order chi connectivity index (χ1) is 9.69. The van der Waals surface area contributed by atoms with Gasteiger partial charge in [-0.3, -0.25) is 4.79 Å². The second-order valence-corrected chi connectivity index (χ2v) is 5.63. The van der Waals surface area contributed by atoms with Gasteiger partial charge in [0, 0.05) is 17.7 Å². The number of hydrogen-bond donors (Lipinski definition) is 2. The summed E-state index contributed by atoms with van der Waals surface area (Å²) in [4.78, 5) is 12.5. The Morgan fingerprint density at radius 1 is 1.25 bits per heavy atom. The lowest BCUT2D eigenvalue weighted by molar-refractivity contribution is 0.103. The van der Waals surface area contributed by atoms with Crippen LogP contribution in [0.25, 0.3) is 0 Å². The van der Waals surface area contributed by atoms with Gasteiger partial charge in [0.25, 0.3) is 5.91 Å². The summed E-state index contributed by atoms with van der Waals surface area (Å²) < 4.78 is 0.588. The van der Waals surface area contributed by atoms with Gasteiger partial charge >= 0.3 is 0 Å². The Morgan fingerprint density at radius 2 is 2.00 bits per heavy atom. The van der Waals surface area contributed by atoms with Gasteiger partial charge in [0.1, 0.15) is 0 Å². The number of nitrogens with one attached hydrogen (secondary N) is 1. The molecule has 2 N–H and O–H groups in total. The number of amides is 1. The molecule has 0 unspecified atom stereocenters. The van der Waals surface area contributed by atoms with Crippen molar-refractivity contribution in [3.8, 4) is 11.8 Å². The molecule has 2 rings (SSSR count). The summed E-state index contributed by atoms with van der Waals surface area (Å²) >= 11 is 7.03. The van der Waals surface area contributed by atoms with E-state index in [4.69, 9.17) is 16.7 Å². The molecule has 1 heterocycles. The number of thiophene rings is 1. The zero-order chi connectivity index (χ0) is 14.4. The van der Waals surface area contributed by atoms with E-state index in [-0.39, 0.29) is 12.5 Å². The molecule has 5 heteroatoms. The maximum absolute atomic E-state index is 11.9. The molecular formula is C15H12ClNO2S. The molecule has 0 saturated carbocycles. The molecule has 1 amide bonds. The first-order valence-corrected chi connectivity index (χ1v) is 7.15. The lowest BCUT2D eigenvalue weighted by Gasteiger charge is -2.03. The number of halogens is 1. The third-order valence-electron chi connectivity index (χ3n) is 2.41. The van der Waals surface area contributed by atoms with Crippen molar-refractivity contribution in [2.24, 2.45) is 0 Å². The van der Waals surface area contributed by atoms with Crippen molar-refractivity contribution in [3.63, 3.8) is 0 Å². The molecule has 0 aliphatic carbocycles. The number of carbonyl (C=O) groups excluding carboxylic acids is 1. The Labute approximate surface area is 126 Å². The summed E-state index contributed by atoms with van der Waals surface area (Å²) in [6.07, 6.45) is 0.456. The molecule has 1 aromatic heterocycles. The molecule has 0 saturated heterocycles. The van der Waals surface area contributed by atoms with E-state index in [9.17, 15) is 4.79 Å². The lowest BCUT2D eigenvalue weighted by Crippen LogP contribution is -2.09. The fraction of sp³-hybridized carbons (Fsp3) is 0.133. The Bertz CT molecular complexity index is 653. The van der Waals surface area contributed by atoms with E-state index in [1.807, 2.05) is 12.1 Å². The number of aliphatic hydroxyl groups excluding tert-OH is 1. The lowest BCUT2D eigenvalue weighted by atomic mass is 10.2. The Morgan fingerprint density at radius 3 is 2.60 bits per heavy atom. The SMILES string of the molecule is O=C(Nc1ccc(C#CCCO)cc1)c1ccc(Cl)s1. The van der Waals surface area contributed by atoms with E-state index in [2.05, 4.69) is 17.2 Å². The van der Waals surface area contributed by atoms with Crippen LogP contribution in [0.5, 0.6) is 0 Å². The van der Waals surface area contributed by atoms with Crippen LogP contribution in [-0.4, -0.2) is 17.6 Å². The van der Waals surface area contributed by atoms with E-state index < -0.39 is 0 Å². The first-order valence-electron chi connectivity index (χ1n) is 5.95. The third kappa shape index (κ3) is 4.10. The van der Waals surface area contributed by atoms with Gasteiger partial charge in [-0.25, -0.2) is 0 Å². The first kappa shape index (κ1) is 14.6. The second-order valence-electron chi connectivity index (χ2n) is 3.91. The predicted octanol–water partition coefficient (Wildman–Crippen LogP) is 3.39. The fourth-order valence-electron chi connectivity index (χ4n) is 1.49. The van der Waals surface area contributed by atoms with E-state index in [0.717, 1.165) is 5.56 Å². The van der Waals surface area contributed by atoms with Crippen molar-refractivity contribution in [3.05, 3.63) is 51.2 Å². The molecule has 2 aromatic rings. The monoisotopic (exact) mass is 305 g/mol. The minimum atomic E-state index is -0.180. The van der Waals surface area contributed by atoms with Gasteiger partial charge in [-0.05, 0) is 36.4 Å². The number of anilines is 1. The molecule has 102 valence electrons. The molecule has 20 heavy (non-hydrogen) atoms. The van der Waals surface area contributed by atoms with Crippen LogP contribution in [0.3, 0.4) is 0 Å². The average Bonchev–Trinajstić information content (AvgIpc) is 2.88. The van der Waals surface area contributed by atoms with Gasteiger partial charge in [-0.1, -0.05) is 23.4 Å². The number of hydrogen-bond acceptors (Lipinski definition) is 3. The molecule has 0 radical (unpaired) electrons. The molecular weight excluding hydrogens is 294 g/mol. The Kier molecular flexibility index (Phi) is 5.19. The molecule has 1 aromatic carbocycles. The van der Waals surface area contributed by atoms with Gasteiger partial charge in [0.2, 0.25) is 0 Å². The Hall–Kier alpha value is -1.80. The summed E-state index contributed by atoms with van der Waals surface area (Å²) in [6, 6.07) is 10.6. The van der Waals surface area contributed by atoms with Crippen LogP contribution in [-0.2, 0) is 0 Å². The Balaban J connectivity index is 2.01. The molecule has 0 aliphatic heterocycles. The maximum Gasteiger partial charge on any atom is 0.265 e. The van der Waals surface area contributed by atoms with Crippen LogP contribution >= 0.6 is 22.9 Å². The van der Waals surface area contributed by atoms with Crippen molar-refractivity contribution in [1.82, 2.24) is 0 Å². The zero-order valence-electron chi connectivity index (χ0n) is 10.5. The second kappa shape index (κ2) is 7.11. The van der Waals surface area contributed by atoms with E-state index in [1.165, 1.54) is 11.3 Å². The van der Waals surface area contributed by atoms with Crippen molar-refractivity contribution >= 4 is 34.5 Å². The van der Waals surface area contributed by atoms with Crippen LogP contribution < -0.4 is 5.32 Å². The predicted molar refractivity (Wildman–Crippen MR) is 82.3 cm³/mol. The normalized spacial score (nSPS) is 9.70. The van der Waals surface area contributed by atoms with Crippen LogP contribution in [0.1, 0.15) is 21.7 Å². The van der Waals surface area contributed by atoms with Crippen molar-refractivity contribution in [1.29, 1.82) is 0 Å². The highest BCUT2D eigenvalue weighted by molar-refractivity contribution is 7.18. The van der Waals surface area contributed by atoms with Crippen LogP contribution in [0, 0.1) is 11.8 Å². The third-order valence-corrected chi connectivity index (χ3v) is 3.64. The standard InChI is InChI=1S/C15H12ClNO2S/c16-14-9-8-13(20-14)15(19)17-12-6-4-11(5-7-12)3-1-2-10-18/h4-9,18H,2,10H2,(H,17,19). The van der Waals surface area contributed by atoms with Crippen molar-refractivity contribution < 1.29 is 9.90 Å². The molecule has 0 atom stereocenters. The molecule has 0 spiro atoms. The molecule has 3 nitrogen and oxygen atoms in total. The highest BCUT2D eigenvalue weighted by Crippen LogP contribution is 2.22. The fourth-order valence-corrected chi connectivity index (χ4v) is 2.42. The minimum Gasteiger partial charge on any atom is -0.395 e. The van der Waals surface area contributed by atoms with Gasteiger partial charge in [-0.15, -0.1) is 11.3 Å². The van der Waals surface area contributed by atoms with Gasteiger partial charge in [0.05, 0.1) is 15.8 Å². The van der Waals surface area contributed by atoms with Gasteiger partial charge < -0.3 is 10.4 Å². The molecule has 0 aliphatic rings. The highest BCUT2D eigenvalue weighted by Gasteiger charge is 2.08. The van der Waals surface area contributed by atoms with Crippen molar-refractivity contribution in [2.45, 2.75) is 6.42 Å². The summed E-state index contributed by atoms with van der Waals surface area (Å²) in [5.74, 6) is 5.58. The van der Waals surface area contributed by atoms with Gasteiger partial charge in [0.15, 0.2) is 0 Å². The number of rotatable bonds is 3.